The molecule has 1 fully saturated rings. The maximum absolute atomic E-state index is 14.4. The normalized spacial score (nSPS) is 17.3. The van der Waals surface area contributed by atoms with Crippen molar-refractivity contribution in [2.24, 2.45) is 5.92 Å². The van der Waals surface area contributed by atoms with Gasteiger partial charge in [-0.25, -0.2) is 0 Å². The van der Waals surface area contributed by atoms with E-state index in [1.807, 2.05) is 0 Å². The van der Waals surface area contributed by atoms with Gasteiger partial charge in [0.2, 0.25) is 0 Å². The molecule has 218 valence electrons. The summed E-state index contributed by atoms with van der Waals surface area (Å²) < 4.78 is 71.9. The molecule has 1 N–H and O–H groups in total. The predicted molar refractivity (Wildman–Crippen MR) is 139 cm³/mol. The van der Waals surface area contributed by atoms with Crippen LogP contribution in [0.5, 0.6) is 0 Å². The number of aromatic nitrogens is 3. The van der Waals surface area contributed by atoms with Gasteiger partial charge in [0.1, 0.15) is 0 Å². The summed E-state index contributed by atoms with van der Waals surface area (Å²) in [4.78, 5) is 42.9. The number of carboxylic acid groups (broad SMARTS) is 1. The third-order valence-corrected chi connectivity index (χ3v) is 8.05. The van der Waals surface area contributed by atoms with Gasteiger partial charge in [0, 0.05) is 0 Å². The molecule has 1 aromatic carbocycles. The Labute approximate surface area is 244 Å². The number of pyridine rings is 1. The van der Waals surface area contributed by atoms with Gasteiger partial charge in [-0.3, -0.25) is 4.79 Å². The summed E-state index contributed by atoms with van der Waals surface area (Å²) in [6.45, 7) is -1.38. The Balaban J connectivity index is 1.73. The predicted octanol–water partition coefficient (Wildman–Crippen LogP) is 3.83. The zero-order chi connectivity index (χ0) is 30.1. The van der Waals surface area contributed by atoms with E-state index in [9.17, 15) is 41.4 Å². The number of hydrogen-bond donors (Lipinski definition) is 1. The summed E-state index contributed by atoms with van der Waals surface area (Å²) in [5.74, 6) is -5.66. The van der Waals surface area contributed by atoms with Crippen molar-refractivity contribution < 1.29 is 41.4 Å². The van der Waals surface area contributed by atoms with Crippen LogP contribution in [0.1, 0.15) is 63.7 Å². The summed E-state index contributed by atoms with van der Waals surface area (Å²) >= 11 is 7.11. The first-order valence-electron chi connectivity index (χ1n) is 12.3. The fourth-order valence-corrected chi connectivity index (χ4v) is 6.21. The van der Waals surface area contributed by atoms with Crippen LogP contribution in [0.2, 0.25) is 5.02 Å². The van der Waals surface area contributed by atoms with Crippen molar-refractivity contribution in [1.29, 1.82) is 0 Å². The molecule has 0 radical (unpaired) electrons. The molecule has 1 unspecified atom stereocenters. The van der Waals surface area contributed by atoms with Crippen LogP contribution < -0.4 is 4.48 Å². The number of amides is 1. The molecule has 0 spiro atoms. The number of nitrogens with zero attached hydrogens (tertiary/aromatic N) is 4. The Bertz CT molecular complexity index is 1450. The second-order valence-corrected chi connectivity index (χ2v) is 11.2. The summed E-state index contributed by atoms with van der Waals surface area (Å²) in [5.41, 5.74) is -2.35. The van der Waals surface area contributed by atoms with Gasteiger partial charge >= 0.3 is 228 Å². The number of carbonyl (C=O) groups is 3. The number of alkyl halides is 3. The summed E-state index contributed by atoms with van der Waals surface area (Å²) in [7, 11) is 0. The quantitative estimate of drug-likeness (QED) is 0.224. The minimum absolute atomic E-state index is 0.0225. The SMILES string of the molecule is O=C(CN(Cc1cc(F)cc(F)c1)C(=O)c1cnn([C@H]2CC[C@H](C(=O)O)CC2)c1C(F)(F)F)c1c(Cl)ccnc1[AsH2]. The van der Waals surface area contributed by atoms with Gasteiger partial charge in [-0.2, -0.15) is 0 Å². The number of Topliss-reactive ketones (excluding diaryl/α,β-unsaturated/α-hetero) is 1. The molecule has 1 amide bonds. The van der Waals surface area contributed by atoms with Crippen LogP contribution in [0.3, 0.4) is 0 Å². The maximum atomic E-state index is 14.4. The Hall–Kier alpha value is -3.31. The fourth-order valence-electron chi connectivity index (χ4n) is 4.92. The summed E-state index contributed by atoms with van der Waals surface area (Å²) in [6.07, 6.45) is -2.47. The molecule has 2 heterocycles. The number of ketones is 1. The average molecular weight is 661 g/mol. The third-order valence-electron chi connectivity index (χ3n) is 6.81. The zero-order valence-electron chi connectivity index (χ0n) is 21.2. The molecule has 0 aliphatic heterocycles. The Morgan fingerprint density at radius 3 is 2.29 bits per heavy atom. The average Bonchev–Trinajstić information content (AvgIpc) is 3.33. The molecule has 3 aromatic rings. The van der Waals surface area contributed by atoms with Crippen LogP contribution in [-0.4, -0.2) is 65.8 Å². The summed E-state index contributed by atoms with van der Waals surface area (Å²) in [6, 6.07) is 2.92. The van der Waals surface area contributed by atoms with E-state index >= 15 is 0 Å². The van der Waals surface area contributed by atoms with Gasteiger partial charge in [-0.05, 0) is 0 Å². The molecule has 0 bridgehead atoms. The number of halogens is 6. The van der Waals surface area contributed by atoms with E-state index in [0.717, 1.165) is 40.1 Å². The van der Waals surface area contributed by atoms with Crippen molar-refractivity contribution in [3.63, 3.8) is 0 Å². The van der Waals surface area contributed by atoms with Gasteiger partial charge in [0.15, 0.2) is 0 Å². The number of hydrogen-bond acceptors (Lipinski definition) is 5. The summed E-state index contributed by atoms with van der Waals surface area (Å²) in [5, 5.41) is 13.1. The van der Waals surface area contributed by atoms with Gasteiger partial charge in [0.05, 0.1) is 5.92 Å². The molecular formula is C26H23AsClF5N4O4. The van der Waals surface area contributed by atoms with Crippen molar-refractivity contribution >= 4 is 50.6 Å². The van der Waals surface area contributed by atoms with Crippen LogP contribution in [0, 0.1) is 17.6 Å². The second-order valence-electron chi connectivity index (χ2n) is 9.61. The first-order valence-corrected chi connectivity index (χ1v) is 13.9. The van der Waals surface area contributed by atoms with Crippen LogP contribution in [0.25, 0.3) is 0 Å². The fraction of sp³-hybridized carbons (Fsp3) is 0.346. The third kappa shape index (κ3) is 6.95. The number of carboxylic acids is 1. The van der Waals surface area contributed by atoms with Gasteiger partial charge in [0.25, 0.3) is 0 Å². The minimum atomic E-state index is -5.04. The molecule has 8 nitrogen and oxygen atoms in total. The standard InChI is InChI=1S/C26H23AsClF5N4O4/c27-23-21(19(28)5-6-34-23)20(38)12-36(11-13-7-15(29)9-16(30)8-13)24(39)18-10-35-37(22(18)26(31,32)33)17-3-1-14(2-4-17)25(40)41/h5-10,14,17H,1-4,11-12,27H2,(H,40,41)/t14-,17-. The second kappa shape index (κ2) is 12.3. The number of benzene rings is 1. The zero-order valence-corrected chi connectivity index (χ0v) is 24.3. The van der Waals surface area contributed by atoms with E-state index in [4.69, 9.17) is 11.6 Å². The van der Waals surface area contributed by atoms with Crippen LogP contribution in [0.15, 0.2) is 36.7 Å². The Kier molecular flexibility index (Phi) is 9.18. The van der Waals surface area contributed by atoms with Crippen molar-refractivity contribution in [2.75, 3.05) is 6.54 Å². The molecule has 1 aliphatic rings. The van der Waals surface area contributed by atoms with Crippen molar-refractivity contribution in [2.45, 2.75) is 44.4 Å². The van der Waals surface area contributed by atoms with E-state index in [1.165, 1.54) is 12.3 Å². The van der Waals surface area contributed by atoms with E-state index < -0.39 is 71.8 Å². The van der Waals surface area contributed by atoms with Crippen molar-refractivity contribution in [1.82, 2.24) is 19.7 Å². The number of aliphatic carboxylic acids is 1. The van der Waals surface area contributed by atoms with E-state index in [-0.39, 0.29) is 46.3 Å². The van der Waals surface area contributed by atoms with Crippen molar-refractivity contribution in [3.8, 4) is 0 Å². The van der Waals surface area contributed by atoms with Gasteiger partial charge in [-0.15, -0.1) is 0 Å². The van der Waals surface area contributed by atoms with Gasteiger partial charge in [-0.1, -0.05) is 0 Å². The van der Waals surface area contributed by atoms with E-state index in [0.29, 0.717) is 10.7 Å². The van der Waals surface area contributed by atoms with E-state index in [2.05, 4.69) is 10.1 Å². The van der Waals surface area contributed by atoms with Crippen molar-refractivity contribution in [3.05, 3.63) is 75.7 Å². The molecule has 4 rings (SSSR count). The number of carbonyl (C=O) groups excluding carboxylic acids is 2. The monoisotopic (exact) mass is 660 g/mol. The Morgan fingerprint density at radius 2 is 1.73 bits per heavy atom. The van der Waals surface area contributed by atoms with Crippen LogP contribution >= 0.6 is 11.6 Å². The molecule has 2 aromatic heterocycles. The van der Waals surface area contributed by atoms with Gasteiger partial charge < -0.3 is 5.11 Å². The van der Waals surface area contributed by atoms with E-state index in [1.54, 1.807) is 0 Å². The molecule has 1 atom stereocenters. The van der Waals surface area contributed by atoms with Crippen LogP contribution in [-0.2, 0) is 17.5 Å². The molecule has 1 saturated carbocycles. The first-order chi connectivity index (χ1) is 19.3. The molecular weight excluding hydrogens is 638 g/mol. The topological polar surface area (TPSA) is 105 Å². The number of rotatable bonds is 8. The molecule has 41 heavy (non-hydrogen) atoms. The molecule has 15 heteroatoms. The molecule has 1 aliphatic carbocycles. The van der Waals surface area contributed by atoms with Crippen LogP contribution in [0.4, 0.5) is 22.0 Å². The Morgan fingerprint density at radius 1 is 1.10 bits per heavy atom. The first kappa shape index (κ1) is 30.6. The molecule has 0 saturated heterocycles.